The first kappa shape index (κ1) is 16.9. The number of rotatable bonds is 3. The predicted molar refractivity (Wildman–Crippen MR) is 101 cm³/mol. The number of thiophene rings is 1. The highest BCUT2D eigenvalue weighted by Crippen LogP contribution is 2.40. The van der Waals surface area contributed by atoms with E-state index in [1.165, 1.54) is 28.7 Å². The average molecular weight is 347 g/mol. The van der Waals surface area contributed by atoms with E-state index in [9.17, 15) is 10.1 Å². The van der Waals surface area contributed by atoms with Gasteiger partial charge in [-0.25, -0.2) is 0 Å². The summed E-state index contributed by atoms with van der Waals surface area (Å²) >= 11 is 1.42. The fraction of sp³-hybridized carbons (Fsp3) is 0.150. The Morgan fingerprint density at radius 2 is 2.00 bits per heavy atom. The van der Waals surface area contributed by atoms with Gasteiger partial charge in [-0.05, 0) is 49.6 Å². The number of pyridine rings is 1. The van der Waals surface area contributed by atoms with Crippen molar-refractivity contribution in [2.24, 2.45) is 0 Å². The molecule has 0 spiro atoms. The molecule has 0 unspecified atom stereocenters. The van der Waals surface area contributed by atoms with E-state index in [1.54, 1.807) is 18.3 Å². The van der Waals surface area contributed by atoms with Crippen molar-refractivity contribution in [2.75, 3.05) is 5.32 Å². The number of carbonyl (C=O) groups excluding carboxylic acids is 1. The molecule has 2 heterocycles. The van der Waals surface area contributed by atoms with Crippen LogP contribution in [-0.4, -0.2) is 10.9 Å². The van der Waals surface area contributed by atoms with Gasteiger partial charge in [0.05, 0.1) is 11.1 Å². The van der Waals surface area contributed by atoms with Crippen molar-refractivity contribution >= 4 is 22.2 Å². The van der Waals surface area contributed by atoms with Gasteiger partial charge in [-0.3, -0.25) is 9.78 Å². The van der Waals surface area contributed by atoms with Gasteiger partial charge in [0.25, 0.3) is 5.91 Å². The molecule has 1 N–H and O–H groups in total. The van der Waals surface area contributed by atoms with Crippen molar-refractivity contribution in [3.8, 4) is 17.2 Å². The second-order valence-corrected chi connectivity index (χ2v) is 7.07. The van der Waals surface area contributed by atoms with Gasteiger partial charge in [0.15, 0.2) is 0 Å². The van der Waals surface area contributed by atoms with Crippen LogP contribution in [0.15, 0.2) is 42.7 Å². The van der Waals surface area contributed by atoms with Crippen molar-refractivity contribution in [3.05, 3.63) is 69.9 Å². The van der Waals surface area contributed by atoms with E-state index in [0.717, 1.165) is 16.0 Å². The highest BCUT2D eigenvalue weighted by Gasteiger charge is 2.19. The van der Waals surface area contributed by atoms with E-state index in [1.807, 2.05) is 13.0 Å². The topological polar surface area (TPSA) is 65.8 Å². The Morgan fingerprint density at radius 3 is 2.64 bits per heavy atom. The first-order chi connectivity index (χ1) is 12.0. The highest BCUT2D eigenvalue weighted by molar-refractivity contribution is 7.17. The van der Waals surface area contributed by atoms with Crippen LogP contribution < -0.4 is 5.32 Å². The van der Waals surface area contributed by atoms with E-state index in [2.05, 4.69) is 42.4 Å². The van der Waals surface area contributed by atoms with E-state index < -0.39 is 0 Å². The molecule has 0 aliphatic carbocycles. The number of nitriles is 1. The summed E-state index contributed by atoms with van der Waals surface area (Å²) in [6.45, 7) is 6.08. The molecule has 0 radical (unpaired) electrons. The van der Waals surface area contributed by atoms with E-state index in [0.29, 0.717) is 16.1 Å². The number of hydrogen-bond acceptors (Lipinski definition) is 4. The molecule has 0 aliphatic heterocycles. The number of benzene rings is 1. The normalized spacial score (nSPS) is 10.3. The van der Waals surface area contributed by atoms with Crippen molar-refractivity contribution < 1.29 is 4.79 Å². The summed E-state index contributed by atoms with van der Waals surface area (Å²) in [6.07, 6.45) is 3.12. The predicted octanol–water partition coefficient (Wildman–Crippen LogP) is 4.86. The van der Waals surface area contributed by atoms with Gasteiger partial charge in [0.1, 0.15) is 11.1 Å². The maximum absolute atomic E-state index is 12.4. The van der Waals surface area contributed by atoms with Gasteiger partial charge in [-0.2, -0.15) is 5.26 Å². The van der Waals surface area contributed by atoms with Crippen LogP contribution in [0.25, 0.3) is 11.1 Å². The molecule has 0 bridgehead atoms. The smallest absolute Gasteiger partial charge is 0.257 e. The summed E-state index contributed by atoms with van der Waals surface area (Å²) in [6, 6.07) is 11.8. The lowest BCUT2D eigenvalue weighted by atomic mass is 9.98. The van der Waals surface area contributed by atoms with Crippen LogP contribution in [0.2, 0.25) is 0 Å². The molecule has 3 aromatic rings. The SMILES string of the molecule is Cc1ccc(-c2c(C)sc(NC(=O)c3cccnc3)c2C#N)cc1C. The molecule has 0 fully saturated rings. The summed E-state index contributed by atoms with van der Waals surface area (Å²) in [5, 5.41) is 13.1. The summed E-state index contributed by atoms with van der Waals surface area (Å²) in [5.41, 5.74) is 5.23. The van der Waals surface area contributed by atoms with E-state index in [4.69, 9.17) is 0 Å². The van der Waals surface area contributed by atoms with Crippen molar-refractivity contribution in [1.82, 2.24) is 4.98 Å². The fourth-order valence-corrected chi connectivity index (χ4v) is 3.68. The van der Waals surface area contributed by atoms with Crippen LogP contribution >= 0.6 is 11.3 Å². The number of aromatic nitrogens is 1. The zero-order chi connectivity index (χ0) is 18.0. The molecule has 3 rings (SSSR count). The molecule has 5 heteroatoms. The summed E-state index contributed by atoms with van der Waals surface area (Å²) in [4.78, 5) is 17.3. The van der Waals surface area contributed by atoms with Gasteiger partial charge in [-0.15, -0.1) is 11.3 Å². The van der Waals surface area contributed by atoms with Crippen LogP contribution in [0.4, 0.5) is 5.00 Å². The third-order valence-electron chi connectivity index (χ3n) is 4.14. The molecule has 124 valence electrons. The van der Waals surface area contributed by atoms with Gasteiger partial charge in [0, 0.05) is 22.8 Å². The zero-order valence-electron chi connectivity index (χ0n) is 14.3. The van der Waals surface area contributed by atoms with Gasteiger partial charge in [0.2, 0.25) is 0 Å². The van der Waals surface area contributed by atoms with Crippen molar-refractivity contribution in [1.29, 1.82) is 5.26 Å². The molecule has 2 aromatic heterocycles. The minimum Gasteiger partial charge on any atom is -0.312 e. The lowest BCUT2D eigenvalue weighted by Crippen LogP contribution is -2.11. The molecule has 4 nitrogen and oxygen atoms in total. The lowest BCUT2D eigenvalue weighted by molar-refractivity contribution is 0.102. The minimum absolute atomic E-state index is 0.266. The molecular weight excluding hydrogens is 330 g/mol. The fourth-order valence-electron chi connectivity index (χ4n) is 2.66. The Morgan fingerprint density at radius 1 is 1.20 bits per heavy atom. The molecular formula is C20H17N3OS. The highest BCUT2D eigenvalue weighted by atomic mass is 32.1. The Labute approximate surface area is 150 Å². The number of aryl methyl sites for hydroxylation is 3. The number of carbonyl (C=O) groups is 1. The number of hydrogen-bond donors (Lipinski definition) is 1. The Hall–Kier alpha value is -2.97. The van der Waals surface area contributed by atoms with Crippen molar-refractivity contribution in [2.45, 2.75) is 20.8 Å². The Balaban J connectivity index is 2.01. The Kier molecular flexibility index (Phi) is 4.64. The first-order valence-electron chi connectivity index (χ1n) is 7.83. The maximum Gasteiger partial charge on any atom is 0.257 e. The molecule has 1 aromatic carbocycles. The molecule has 0 saturated carbocycles. The standard InChI is InChI=1S/C20H17N3OS/c1-12-6-7-15(9-13(12)2)18-14(3)25-20(17(18)10-21)23-19(24)16-5-4-8-22-11-16/h4-9,11H,1-3H3,(H,23,24). The lowest BCUT2D eigenvalue weighted by Gasteiger charge is -2.06. The van der Waals surface area contributed by atoms with Crippen LogP contribution in [0.1, 0.15) is 31.9 Å². The Bertz CT molecular complexity index is 984. The minimum atomic E-state index is -0.266. The summed E-state index contributed by atoms with van der Waals surface area (Å²) in [7, 11) is 0. The number of nitrogens with zero attached hydrogens (tertiary/aromatic N) is 2. The zero-order valence-corrected chi connectivity index (χ0v) is 15.1. The van der Waals surface area contributed by atoms with Crippen molar-refractivity contribution in [3.63, 3.8) is 0 Å². The average Bonchev–Trinajstić information content (AvgIpc) is 2.93. The first-order valence-corrected chi connectivity index (χ1v) is 8.65. The summed E-state index contributed by atoms with van der Waals surface area (Å²) < 4.78 is 0. The largest absolute Gasteiger partial charge is 0.312 e. The van der Waals surface area contributed by atoms with Gasteiger partial charge in [-0.1, -0.05) is 18.2 Å². The molecule has 0 aliphatic rings. The van der Waals surface area contributed by atoms with Crippen LogP contribution in [0.5, 0.6) is 0 Å². The second-order valence-electron chi connectivity index (χ2n) is 5.84. The van der Waals surface area contributed by atoms with E-state index in [-0.39, 0.29) is 5.91 Å². The quantitative estimate of drug-likeness (QED) is 0.736. The van der Waals surface area contributed by atoms with Gasteiger partial charge >= 0.3 is 0 Å². The molecule has 0 atom stereocenters. The van der Waals surface area contributed by atoms with E-state index >= 15 is 0 Å². The third-order valence-corrected chi connectivity index (χ3v) is 5.16. The second kappa shape index (κ2) is 6.88. The monoisotopic (exact) mass is 347 g/mol. The number of nitrogens with one attached hydrogen (secondary N) is 1. The maximum atomic E-state index is 12.4. The number of anilines is 1. The third kappa shape index (κ3) is 3.30. The molecule has 1 amide bonds. The van der Waals surface area contributed by atoms with Crippen LogP contribution in [0.3, 0.4) is 0 Å². The summed E-state index contributed by atoms with van der Waals surface area (Å²) in [5.74, 6) is -0.266. The molecule has 25 heavy (non-hydrogen) atoms. The van der Waals surface area contributed by atoms with Crippen LogP contribution in [0, 0.1) is 32.1 Å². The molecule has 0 saturated heterocycles. The number of amides is 1. The van der Waals surface area contributed by atoms with Crippen LogP contribution in [-0.2, 0) is 0 Å². The van der Waals surface area contributed by atoms with Gasteiger partial charge < -0.3 is 5.32 Å².